The highest BCUT2D eigenvalue weighted by atomic mass is 16.4. The molecular formula is C17H25NO4. The van der Waals surface area contributed by atoms with E-state index in [1.54, 1.807) is 0 Å². The lowest BCUT2D eigenvalue weighted by molar-refractivity contribution is -0.137. The van der Waals surface area contributed by atoms with Crippen molar-refractivity contribution >= 4 is 11.8 Å². The third-order valence-electron chi connectivity index (χ3n) is 4.54. The van der Waals surface area contributed by atoms with Gasteiger partial charge in [-0.3, -0.25) is 9.59 Å². The van der Waals surface area contributed by atoms with Crippen LogP contribution in [0.15, 0.2) is 10.7 Å². The first-order chi connectivity index (χ1) is 10.6. The van der Waals surface area contributed by atoms with E-state index in [0.717, 1.165) is 25.2 Å². The number of hydrogen-bond acceptors (Lipinski definition) is 4. The van der Waals surface area contributed by atoms with E-state index in [4.69, 9.17) is 9.52 Å². The Balaban J connectivity index is 1.90. The summed E-state index contributed by atoms with van der Waals surface area (Å²) in [5, 5.41) is 9.07. The summed E-state index contributed by atoms with van der Waals surface area (Å²) in [4.78, 5) is 26.5. The molecule has 2 rings (SSSR count). The second-order valence-corrected chi connectivity index (χ2v) is 6.36. The second-order valence-electron chi connectivity index (χ2n) is 6.36. The molecule has 22 heavy (non-hydrogen) atoms. The van der Waals surface area contributed by atoms with Gasteiger partial charge in [-0.2, -0.15) is 0 Å². The van der Waals surface area contributed by atoms with Crippen molar-refractivity contribution in [2.75, 3.05) is 0 Å². The Morgan fingerprint density at radius 1 is 1.36 bits per heavy atom. The molecule has 1 fully saturated rings. The SMILES string of the molecule is CC(=O)c1coc([C@H](CCCC2CCCCC2)CC(=O)O)n1. The lowest BCUT2D eigenvalue weighted by atomic mass is 9.84. The van der Waals surface area contributed by atoms with Crippen molar-refractivity contribution in [3.63, 3.8) is 0 Å². The summed E-state index contributed by atoms with van der Waals surface area (Å²) in [6, 6.07) is 0. The Kier molecular flexibility index (Phi) is 6.16. The zero-order valence-electron chi connectivity index (χ0n) is 13.2. The third-order valence-corrected chi connectivity index (χ3v) is 4.54. The number of carbonyl (C=O) groups is 2. The van der Waals surface area contributed by atoms with Gasteiger partial charge >= 0.3 is 5.97 Å². The van der Waals surface area contributed by atoms with Crippen LogP contribution in [0.1, 0.15) is 87.0 Å². The topological polar surface area (TPSA) is 80.4 Å². The van der Waals surface area contributed by atoms with Crippen LogP contribution in [0.5, 0.6) is 0 Å². The molecule has 0 spiro atoms. The third kappa shape index (κ3) is 4.97. The van der Waals surface area contributed by atoms with Gasteiger partial charge in [0.1, 0.15) is 12.0 Å². The van der Waals surface area contributed by atoms with Crippen LogP contribution in [0.2, 0.25) is 0 Å². The molecule has 0 amide bonds. The predicted octanol–water partition coefficient (Wildman–Crippen LogP) is 4.19. The number of carbonyl (C=O) groups excluding carboxylic acids is 1. The van der Waals surface area contributed by atoms with Crippen LogP contribution in [0.3, 0.4) is 0 Å². The first-order valence-corrected chi connectivity index (χ1v) is 8.24. The van der Waals surface area contributed by atoms with Crippen LogP contribution in [0.4, 0.5) is 0 Å². The molecule has 1 saturated carbocycles. The Bertz CT molecular complexity index is 503. The smallest absolute Gasteiger partial charge is 0.304 e. The quantitative estimate of drug-likeness (QED) is 0.728. The minimum atomic E-state index is -0.856. The number of carboxylic acids is 1. The van der Waals surface area contributed by atoms with Crippen LogP contribution in [-0.4, -0.2) is 21.8 Å². The molecule has 1 heterocycles. The van der Waals surface area contributed by atoms with Crippen molar-refractivity contribution in [3.8, 4) is 0 Å². The molecule has 5 heteroatoms. The number of carboxylic acid groups (broad SMARTS) is 1. The van der Waals surface area contributed by atoms with Crippen molar-refractivity contribution in [1.29, 1.82) is 0 Å². The van der Waals surface area contributed by atoms with Crippen LogP contribution in [0, 0.1) is 5.92 Å². The molecule has 1 N–H and O–H groups in total. The van der Waals surface area contributed by atoms with Crippen LogP contribution in [0.25, 0.3) is 0 Å². The summed E-state index contributed by atoms with van der Waals surface area (Å²) in [5.74, 6) is -0.0847. The Morgan fingerprint density at radius 2 is 2.09 bits per heavy atom. The number of rotatable bonds is 8. The lowest BCUT2D eigenvalue weighted by Crippen LogP contribution is -2.10. The highest BCUT2D eigenvalue weighted by Crippen LogP contribution is 2.31. The molecule has 1 aromatic heterocycles. The van der Waals surface area contributed by atoms with Gasteiger partial charge < -0.3 is 9.52 Å². The van der Waals surface area contributed by atoms with Crippen molar-refractivity contribution in [1.82, 2.24) is 4.98 Å². The van der Waals surface area contributed by atoms with Gasteiger partial charge in [0.15, 0.2) is 11.7 Å². The molecule has 5 nitrogen and oxygen atoms in total. The number of nitrogens with zero attached hydrogens (tertiary/aromatic N) is 1. The zero-order chi connectivity index (χ0) is 15.9. The molecule has 0 radical (unpaired) electrons. The lowest BCUT2D eigenvalue weighted by Gasteiger charge is -2.22. The minimum Gasteiger partial charge on any atom is -0.481 e. The summed E-state index contributed by atoms with van der Waals surface area (Å²) in [6.45, 7) is 1.43. The number of hydrogen-bond donors (Lipinski definition) is 1. The van der Waals surface area contributed by atoms with E-state index in [0.29, 0.717) is 5.89 Å². The van der Waals surface area contributed by atoms with Crippen LogP contribution < -0.4 is 0 Å². The standard InChI is InChI=1S/C17H25NO4/c1-12(19)15-11-22-17(18-15)14(10-16(20)21)9-5-8-13-6-3-2-4-7-13/h11,13-14H,2-10H2,1H3,(H,20,21)/t14-/m1/s1. The van der Waals surface area contributed by atoms with E-state index in [9.17, 15) is 9.59 Å². The average molecular weight is 307 g/mol. The van der Waals surface area contributed by atoms with E-state index >= 15 is 0 Å². The predicted molar refractivity (Wildman–Crippen MR) is 81.9 cm³/mol. The monoisotopic (exact) mass is 307 g/mol. The van der Waals surface area contributed by atoms with Gasteiger partial charge in [0, 0.05) is 12.8 Å². The molecule has 0 bridgehead atoms. The van der Waals surface area contributed by atoms with Crippen LogP contribution in [-0.2, 0) is 4.79 Å². The van der Waals surface area contributed by atoms with E-state index < -0.39 is 5.97 Å². The highest BCUT2D eigenvalue weighted by Gasteiger charge is 2.22. The number of ketones is 1. The Morgan fingerprint density at radius 3 is 2.68 bits per heavy atom. The minimum absolute atomic E-state index is 0.00250. The summed E-state index contributed by atoms with van der Waals surface area (Å²) in [5.41, 5.74) is 0.276. The molecule has 1 aliphatic rings. The van der Waals surface area contributed by atoms with Gasteiger partial charge in [-0.25, -0.2) is 4.98 Å². The number of aliphatic carboxylic acids is 1. The van der Waals surface area contributed by atoms with Crippen molar-refractivity contribution in [3.05, 3.63) is 17.8 Å². The fraction of sp³-hybridized carbons (Fsp3) is 0.706. The van der Waals surface area contributed by atoms with E-state index in [2.05, 4.69) is 4.98 Å². The summed E-state index contributed by atoms with van der Waals surface area (Å²) < 4.78 is 5.34. The molecule has 1 aliphatic carbocycles. The van der Waals surface area contributed by atoms with Crippen LogP contribution >= 0.6 is 0 Å². The Hall–Kier alpha value is -1.65. The van der Waals surface area contributed by atoms with Gasteiger partial charge in [-0.05, 0) is 12.3 Å². The molecule has 1 aromatic rings. The maximum absolute atomic E-state index is 11.3. The number of oxazole rings is 1. The molecule has 0 aliphatic heterocycles. The van der Waals surface area contributed by atoms with Crippen molar-refractivity contribution < 1.29 is 19.1 Å². The largest absolute Gasteiger partial charge is 0.481 e. The molecular weight excluding hydrogens is 282 g/mol. The fourth-order valence-corrected chi connectivity index (χ4v) is 3.29. The summed E-state index contributed by atoms with van der Waals surface area (Å²) in [7, 11) is 0. The van der Waals surface area contributed by atoms with Gasteiger partial charge in [0.25, 0.3) is 0 Å². The average Bonchev–Trinajstić information content (AvgIpc) is 2.97. The molecule has 0 saturated heterocycles. The number of Topliss-reactive ketones (excluding diaryl/α,β-unsaturated/α-hetero) is 1. The van der Waals surface area contributed by atoms with E-state index in [1.165, 1.54) is 45.3 Å². The molecule has 0 unspecified atom stereocenters. The normalized spacial score (nSPS) is 17.3. The summed E-state index contributed by atoms with van der Waals surface area (Å²) >= 11 is 0. The van der Waals surface area contributed by atoms with E-state index in [1.807, 2.05) is 0 Å². The van der Waals surface area contributed by atoms with Crippen molar-refractivity contribution in [2.24, 2.45) is 5.92 Å². The maximum atomic E-state index is 11.3. The van der Waals surface area contributed by atoms with Crippen molar-refractivity contribution in [2.45, 2.75) is 70.6 Å². The molecule has 122 valence electrons. The van der Waals surface area contributed by atoms with Gasteiger partial charge in [0.05, 0.1) is 6.42 Å². The zero-order valence-corrected chi connectivity index (χ0v) is 13.2. The maximum Gasteiger partial charge on any atom is 0.304 e. The summed E-state index contributed by atoms with van der Waals surface area (Å²) in [6.07, 6.45) is 10.8. The first kappa shape index (κ1) is 16.7. The fourth-order valence-electron chi connectivity index (χ4n) is 3.29. The van der Waals surface area contributed by atoms with Gasteiger partial charge in [-0.15, -0.1) is 0 Å². The van der Waals surface area contributed by atoms with Gasteiger partial charge in [0.2, 0.25) is 0 Å². The van der Waals surface area contributed by atoms with Gasteiger partial charge in [-0.1, -0.05) is 44.9 Å². The Labute approximate surface area is 131 Å². The second kappa shape index (κ2) is 8.11. The number of aromatic nitrogens is 1. The highest BCUT2D eigenvalue weighted by molar-refractivity contribution is 5.91. The first-order valence-electron chi connectivity index (χ1n) is 8.24. The van der Waals surface area contributed by atoms with E-state index in [-0.39, 0.29) is 23.8 Å². The molecule has 1 atom stereocenters. The molecule has 0 aromatic carbocycles.